The quantitative estimate of drug-likeness (QED) is 0.160. The van der Waals surface area contributed by atoms with Crippen LogP contribution in [0, 0.1) is 17.8 Å². The lowest BCUT2D eigenvalue weighted by atomic mass is 9.96. The van der Waals surface area contributed by atoms with Gasteiger partial charge in [0.1, 0.15) is 12.1 Å². The van der Waals surface area contributed by atoms with Crippen molar-refractivity contribution in [1.29, 1.82) is 0 Å². The number of rotatable bonds is 12. The maximum absolute atomic E-state index is 14.2. The van der Waals surface area contributed by atoms with Crippen molar-refractivity contribution in [2.45, 2.75) is 56.4 Å². The van der Waals surface area contributed by atoms with Crippen LogP contribution in [-0.2, 0) is 48.4 Å². The Morgan fingerprint density at radius 3 is 2.26 bits per heavy atom. The van der Waals surface area contributed by atoms with E-state index in [4.69, 9.17) is 24.0 Å². The molecule has 18 nitrogen and oxygen atoms in total. The highest BCUT2D eigenvalue weighted by Crippen LogP contribution is 2.52. The summed E-state index contributed by atoms with van der Waals surface area (Å²) in [6, 6.07) is 4.99. The SMILES string of the molecule is O=C(O)OCOP(=O)(Cc1ccc2sc(C(=O)N[C@H]3C[C@@H]4C[C@@H]4C[C@H]4CC[C@@H](C(=O)N5CC(C(=O)N6CCOCC6)C5)N4C3=O)cc2c1)OCOC(=O)O. The van der Waals surface area contributed by atoms with Crippen LogP contribution >= 0.6 is 18.9 Å². The number of thiophene rings is 1. The minimum atomic E-state index is -4.17. The summed E-state index contributed by atoms with van der Waals surface area (Å²) in [6.45, 7) is 0.880. The van der Waals surface area contributed by atoms with E-state index in [0.29, 0.717) is 91.0 Å². The lowest BCUT2D eigenvalue weighted by Crippen LogP contribution is -2.62. The molecule has 1 aliphatic carbocycles. The van der Waals surface area contributed by atoms with Gasteiger partial charge in [0.25, 0.3) is 5.91 Å². The largest absolute Gasteiger partial charge is 0.507 e. The van der Waals surface area contributed by atoms with E-state index >= 15 is 0 Å². The van der Waals surface area contributed by atoms with E-state index in [9.17, 15) is 33.3 Å². The van der Waals surface area contributed by atoms with Crippen LogP contribution in [0.5, 0.6) is 0 Å². The second-order valence-corrected chi connectivity index (χ2v) is 17.3. The van der Waals surface area contributed by atoms with Crippen LogP contribution in [0.25, 0.3) is 10.1 Å². The number of morpholine rings is 1. The van der Waals surface area contributed by atoms with Gasteiger partial charge in [-0.3, -0.25) is 32.8 Å². The zero-order valence-corrected chi connectivity index (χ0v) is 30.9. The zero-order valence-electron chi connectivity index (χ0n) is 29.2. The minimum absolute atomic E-state index is 0.0307. The van der Waals surface area contributed by atoms with Gasteiger partial charge in [-0.2, -0.15) is 0 Å². The number of carboxylic acid groups (broad SMARTS) is 2. The first-order chi connectivity index (χ1) is 25.9. The molecule has 5 aliphatic rings. The summed E-state index contributed by atoms with van der Waals surface area (Å²) >= 11 is 1.19. The average Bonchev–Trinajstić information content (AvgIpc) is 3.47. The van der Waals surface area contributed by atoms with Crippen LogP contribution in [0.2, 0.25) is 0 Å². The molecule has 0 bridgehead atoms. The number of carbonyl (C=O) groups excluding carboxylic acids is 4. The van der Waals surface area contributed by atoms with Crippen LogP contribution in [0.1, 0.15) is 47.3 Å². The van der Waals surface area contributed by atoms with Crippen LogP contribution in [0.4, 0.5) is 9.59 Å². The highest BCUT2D eigenvalue weighted by atomic mass is 32.1. The summed E-state index contributed by atoms with van der Waals surface area (Å²) in [5.74, 6) is -0.362. The number of nitrogens with zero attached hydrogens (tertiary/aromatic N) is 3. The number of hydrogen-bond acceptors (Lipinski definition) is 13. The molecule has 7 rings (SSSR count). The van der Waals surface area contributed by atoms with Crippen molar-refractivity contribution >= 4 is 65.0 Å². The van der Waals surface area contributed by atoms with E-state index in [1.165, 1.54) is 11.3 Å². The Hall–Kier alpha value is -4.29. The molecule has 0 radical (unpaired) electrons. The Morgan fingerprint density at radius 2 is 1.57 bits per heavy atom. The molecule has 20 heteroatoms. The Balaban J connectivity index is 1.01. The van der Waals surface area contributed by atoms with Gasteiger partial charge in [-0.1, -0.05) is 6.07 Å². The second kappa shape index (κ2) is 15.8. The lowest BCUT2D eigenvalue weighted by molar-refractivity contribution is -0.156. The number of likely N-dealkylation sites (tertiary alicyclic amines) is 1. The number of ether oxygens (including phenoxy) is 3. The van der Waals surface area contributed by atoms with Crippen LogP contribution in [0.15, 0.2) is 24.3 Å². The number of nitrogens with one attached hydrogen (secondary N) is 1. The van der Waals surface area contributed by atoms with Crippen LogP contribution < -0.4 is 5.32 Å². The van der Waals surface area contributed by atoms with Crippen molar-refractivity contribution in [2.75, 3.05) is 53.0 Å². The molecule has 4 saturated heterocycles. The fourth-order valence-corrected chi connectivity index (χ4v) is 10.2. The predicted octanol–water partition coefficient (Wildman–Crippen LogP) is 3.14. The normalized spacial score (nSPS) is 25.5. The predicted molar refractivity (Wildman–Crippen MR) is 186 cm³/mol. The number of benzene rings is 1. The van der Waals surface area contributed by atoms with Crippen molar-refractivity contribution < 1.29 is 66.8 Å². The molecular weight excluding hydrogens is 751 g/mol. The third kappa shape index (κ3) is 8.49. The van der Waals surface area contributed by atoms with E-state index in [1.54, 1.807) is 39.0 Å². The van der Waals surface area contributed by atoms with E-state index in [0.717, 1.165) is 12.8 Å². The Kier molecular flexibility index (Phi) is 11.1. The molecule has 3 N–H and O–H groups in total. The molecular formula is C34H41N4O14PS. The van der Waals surface area contributed by atoms with Crippen molar-refractivity contribution in [3.63, 3.8) is 0 Å². The monoisotopic (exact) mass is 792 g/mol. The minimum Gasteiger partial charge on any atom is -0.450 e. The van der Waals surface area contributed by atoms with E-state index < -0.39 is 57.6 Å². The maximum Gasteiger partial charge on any atom is 0.507 e. The van der Waals surface area contributed by atoms with Crippen molar-refractivity contribution in [3.8, 4) is 0 Å². The fourth-order valence-electron chi connectivity index (χ4n) is 7.90. The molecule has 5 atom stereocenters. The van der Waals surface area contributed by atoms with E-state index in [1.807, 2.05) is 0 Å². The molecule has 1 saturated carbocycles. The summed E-state index contributed by atoms with van der Waals surface area (Å²) in [5.41, 5.74) is 0.408. The van der Waals surface area contributed by atoms with Gasteiger partial charge in [-0.25, -0.2) is 9.59 Å². The van der Waals surface area contributed by atoms with Crippen molar-refractivity contribution in [2.24, 2.45) is 17.8 Å². The summed E-state index contributed by atoms with van der Waals surface area (Å²) in [5, 5.41) is 21.0. The summed E-state index contributed by atoms with van der Waals surface area (Å²) in [6.07, 6.45) is -0.249. The van der Waals surface area contributed by atoms with Crippen molar-refractivity contribution in [3.05, 3.63) is 34.7 Å². The molecule has 54 heavy (non-hydrogen) atoms. The molecule has 292 valence electrons. The molecule has 0 unspecified atom stereocenters. The standard InChI is InChI=1S/C34H41N4O14PS/c39-29(28-13-22-9-19(1-4-27(22)54-28)16-53(47,51-17-49-33(43)44)52-18-50-34(45)46)35-25-12-21-10-20(21)11-24-2-3-26(38(24)31(25)41)32(42)37-14-23(15-37)30(40)36-5-7-48-8-6-36/h1,4,9,13,20-21,23-26H,2-3,5-8,10-12,14-18H2,(H,35,39)(H,43,44)(H,45,46)/t20-,21+,24-,25+,26+/m1/s1. The summed E-state index contributed by atoms with van der Waals surface area (Å²) in [7, 11) is -4.17. The summed E-state index contributed by atoms with van der Waals surface area (Å²) < 4.78 is 38.0. The fraction of sp³-hybridized carbons (Fsp3) is 0.588. The smallest absolute Gasteiger partial charge is 0.450 e. The molecule has 1 aromatic heterocycles. The van der Waals surface area contributed by atoms with E-state index in [2.05, 4.69) is 14.8 Å². The van der Waals surface area contributed by atoms with Gasteiger partial charge in [0.15, 0.2) is 0 Å². The maximum atomic E-state index is 14.2. The van der Waals surface area contributed by atoms with Crippen LogP contribution in [-0.4, -0.2) is 132 Å². The van der Waals surface area contributed by atoms with Crippen LogP contribution in [0.3, 0.4) is 0 Å². The first kappa shape index (κ1) is 38.0. The Bertz CT molecular complexity index is 1840. The zero-order chi connectivity index (χ0) is 38.1. The summed E-state index contributed by atoms with van der Waals surface area (Å²) in [4.78, 5) is 81.6. The first-order valence-corrected chi connectivity index (χ1v) is 20.3. The molecule has 4 aliphatic heterocycles. The number of fused-ring (bicyclic) bond motifs is 3. The highest BCUT2D eigenvalue weighted by molar-refractivity contribution is 7.53. The van der Waals surface area contributed by atoms with Gasteiger partial charge in [-0.15, -0.1) is 11.3 Å². The molecule has 4 amide bonds. The molecule has 5 fully saturated rings. The highest BCUT2D eigenvalue weighted by Gasteiger charge is 2.53. The van der Waals surface area contributed by atoms with Gasteiger partial charge >= 0.3 is 19.9 Å². The number of amides is 4. The molecule has 0 spiro atoms. The van der Waals surface area contributed by atoms with Gasteiger partial charge in [-0.05, 0) is 73.1 Å². The molecule has 2 aromatic rings. The average molecular weight is 793 g/mol. The molecule has 1 aromatic carbocycles. The Labute approximate surface area is 313 Å². The number of carbonyl (C=O) groups is 6. The number of hydrogen-bond donors (Lipinski definition) is 3. The topological polar surface area (TPSA) is 228 Å². The van der Waals surface area contributed by atoms with Gasteiger partial charge < -0.3 is 44.4 Å². The lowest BCUT2D eigenvalue weighted by Gasteiger charge is -2.44. The van der Waals surface area contributed by atoms with Crippen molar-refractivity contribution in [1.82, 2.24) is 20.0 Å². The Morgan fingerprint density at radius 1 is 0.889 bits per heavy atom. The second-order valence-electron chi connectivity index (χ2n) is 14.2. The first-order valence-electron chi connectivity index (χ1n) is 17.8. The molecule has 5 heterocycles. The van der Waals surface area contributed by atoms with Gasteiger partial charge in [0.05, 0.1) is 30.2 Å². The third-order valence-corrected chi connectivity index (χ3v) is 13.6. The van der Waals surface area contributed by atoms with E-state index in [-0.39, 0.29) is 29.7 Å². The van der Waals surface area contributed by atoms with Gasteiger partial charge in [0.2, 0.25) is 31.3 Å². The van der Waals surface area contributed by atoms with Gasteiger partial charge in [0, 0.05) is 36.9 Å². The third-order valence-electron chi connectivity index (χ3n) is 10.7.